The van der Waals surface area contributed by atoms with E-state index in [4.69, 9.17) is 14.2 Å². The maximum absolute atomic E-state index is 12.9. The van der Waals surface area contributed by atoms with Gasteiger partial charge >= 0.3 is 17.9 Å². The molecule has 0 saturated heterocycles. The Balaban J connectivity index is 4.36. The molecule has 0 aliphatic heterocycles. The molecule has 0 radical (unpaired) electrons. The molecule has 0 spiro atoms. The summed E-state index contributed by atoms with van der Waals surface area (Å²) in [5.74, 6) is -0.931. The molecule has 6 heteroatoms. The summed E-state index contributed by atoms with van der Waals surface area (Å²) in [4.78, 5) is 38.3. The first-order valence-electron chi connectivity index (χ1n) is 33.0. The van der Waals surface area contributed by atoms with E-state index in [1.54, 1.807) is 0 Å². The molecular weight excluding hydrogens is 997 g/mol. The Morgan fingerprint density at radius 2 is 0.481 bits per heavy atom. The number of hydrogen-bond donors (Lipinski definition) is 0. The lowest BCUT2D eigenvalue weighted by atomic mass is 10.1. The molecule has 0 aromatic carbocycles. The fourth-order valence-corrected chi connectivity index (χ4v) is 8.61. The van der Waals surface area contributed by atoms with E-state index in [0.29, 0.717) is 19.3 Å². The Morgan fingerprint density at radius 3 is 0.765 bits per heavy atom. The molecule has 0 fully saturated rings. The second kappa shape index (κ2) is 67.5. The van der Waals surface area contributed by atoms with E-state index < -0.39 is 6.10 Å². The Bertz CT molecular complexity index is 1810. The minimum atomic E-state index is -0.802. The maximum atomic E-state index is 12.9. The van der Waals surface area contributed by atoms with E-state index in [9.17, 15) is 14.4 Å². The Morgan fingerprint density at radius 1 is 0.259 bits per heavy atom. The Hall–Kier alpha value is -4.97. The SMILES string of the molecule is CC/C=C\C/C=C\C/C=C\C/C=C\C/C=C\C/C=C\CCCCCCCCCCC(=O)OCC(COC(=O)CCCCCCC/C=C\CCCC)OC(=O)CCCCCCCC/C=C\C/C=C\C/C=C\C/C=C\C/C=C\C/C=C\CC. The van der Waals surface area contributed by atoms with Gasteiger partial charge in [0, 0.05) is 19.3 Å². The summed E-state index contributed by atoms with van der Waals surface area (Å²) in [5.41, 5.74) is 0. The second-order valence-corrected chi connectivity index (χ2v) is 21.3. The summed E-state index contributed by atoms with van der Waals surface area (Å²) < 4.78 is 16.9. The van der Waals surface area contributed by atoms with Crippen LogP contribution in [0.15, 0.2) is 158 Å². The van der Waals surface area contributed by atoms with Gasteiger partial charge in [-0.05, 0) is 141 Å². The lowest BCUT2D eigenvalue weighted by Gasteiger charge is -2.18. The highest BCUT2D eigenvalue weighted by Crippen LogP contribution is 2.15. The van der Waals surface area contributed by atoms with Crippen molar-refractivity contribution in [2.75, 3.05) is 13.2 Å². The van der Waals surface area contributed by atoms with Gasteiger partial charge in [-0.3, -0.25) is 14.4 Å². The second-order valence-electron chi connectivity index (χ2n) is 21.3. The summed E-state index contributed by atoms with van der Waals surface area (Å²) >= 11 is 0. The molecule has 81 heavy (non-hydrogen) atoms. The monoisotopic (exact) mass is 1120 g/mol. The van der Waals surface area contributed by atoms with Crippen molar-refractivity contribution < 1.29 is 28.6 Å². The van der Waals surface area contributed by atoms with Crippen LogP contribution in [0.1, 0.15) is 278 Å². The zero-order valence-corrected chi connectivity index (χ0v) is 52.2. The third-order valence-corrected chi connectivity index (χ3v) is 13.5. The van der Waals surface area contributed by atoms with Crippen molar-refractivity contribution in [2.45, 2.75) is 284 Å². The largest absolute Gasteiger partial charge is 0.462 e. The molecule has 0 rings (SSSR count). The summed E-state index contributed by atoms with van der Waals surface area (Å²) in [5, 5.41) is 0. The molecule has 0 bridgehead atoms. The molecule has 0 heterocycles. The van der Waals surface area contributed by atoms with Gasteiger partial charge in [0.1, 0.15) is 13.2 Å². The van der Waals surface area contributed by atoms with Crippen LogP contribution in [0.2, 0.25) is 0 Å². The fraction of sp³-hybridized carbons (Fsp3) is 0.613. The smallest absolute Gasteiger partial charge is 0.306 e. The average Bonchev–Trinajstić information content (AvgIpc) is 3.47. The molecule has 456 valence electrons. The molecule has 0 saturated carbocycles. The van der Waals surface area contributed by atoms with Crippen molar-refractivity contribution in [3.8, 4) is 0 Å². The Labute approximate surface area is 499 Å². The molecule has 0 aromatic heterocycles. The van der Waals surface area contributed by atoms with Crippen molar-refractivity contribution >= 4 is 17.9 Å². The predicted molar refractivity (Wildman–Crippen MR) is 352 cm³/mol. The van der Waals surface area contributed by atoms with Gasteiger partial charge in [-0.25, -0.2) is 0 Å². The number of hydrogen-bond acceptors (Lipinski definition) is 6. The summed E-state index contributed by atoms with van der Waals surface area (Å²) in [6.45, 7) is 6.35. The molecule has 1 unspecified atom stereocenters. The van der Waals surface area contributed by atoms with E-state index in [2.05, 4.69) is 179 Å². The first-order chi connectivity index (χ1) is 40.0. The maximum Gasteiger partial charge on any atom is 0.306 e. The summed E-state index contributed by atoms with van der Waals surface area (Å²) in [6, 6.07) is 0. The summed E-state index contributed by atoms with van der Waals surface area (Å²) in [6.07, 6.45) is 98.2. The first-order valence-corrected chi connectivity index (χ1v) is 33.0. The minimum Gasteiger partial charge on any atom is -0.462 e. The molecule has 0 aliphatic carbocycles. The minimum absolute atomic E-state index is 0.0969. The number of ether oxygens (including phenoxy) is 3. The number of allylic oxidation sites excluding steroid dienone is 26. The van der Waals surface area contributed by atoms with Gasteiger partial charge in [-0.2, -0.15) is 0 Å². The summed E-state index contributed by atoms with van der Waals surface area (Å²) in [7, 11) is 0. The third-order valence-electron chi connectivity index (χ3n) is 13.5. The van der Waals surface area contributed by atoms with Gasteiger partial charge in [0.15, 0.2) is 6.10 Å². The van der Waals surface area contributed by atoms with E-state index in [0.717, 1.165) is 167 Å². The van der Waals surface area contributed by atoms with Gasteiger partial charge in [0.25, 0.3) is 0 Å². The highest BCUT2D eigenvalue weighted by molar-refractivity contribution is 5.71. The molecule has 1 atom stereocenters. The number of carbonyl (C=O) groups excluding carboxylic acids is 3. The molecule has 0 amide bonds. The number of esters is 3. The van der Waals surface area contributed by atoms with Crippen LogP contribution >= 0.6 is 0 Å². The molecule has 0 aromatic rings. The number of rotatable bonds is 58. The van der Waals surface area contributed by atoms with Gasteiger partial charge < -0.3 is 14.2 Å². The van der Waals surface area contributed by atoms with Crippen LogP contribution in [-0.2, 0) is 28.6 Å². The van der Waals surface area contributed by atoms with Gasteiger partial charge in [-0.1, -0.05) is 275 Å². The van der Waals surface area contributed by atoms with E-state index in [-0.39, 0.29) is 31.1 Å². The highest BCUT2D eigenvalue weighted by atomic mass is 16.6. The molecule has 0 N–H and O–H groups in total. The quantitative estimate of drug-likeness (QED) is 0.0261. The van der Waals surface area contributed by atoms with Gasteiger partial charge in [0.2, 0.25) is 0 Å². The molecular formula is C75H120O6. The van der Waals surface area contributed by atoms with Gasteiger partial charge in [-0.15, -0.1) is 0 Å². The van der Waals surface area contributed by atoms with Crippen LogP contribution in [0.5, 0.6) is 0 Å². The van der Waals surface area contributed by atoms with Crippen molar-refractivity contribution in [3.63, 3.8) is 0 Å². The van der Waals surface area contributed by atoms with Crippen LogP contribution in [0.3, 0.4) is 0 Å². The lowest BCUT2D eigenvalue weighted by molar-refractivity contribution is -0.167. The first kappa shape index (κ1) is 76.0. The van der Waals surface area contributed by atoms with Crippen molar-refractivity contribution in [1.29, 1.82) is 0 Å². The fourth-order valence-electron chi connectivity index (χ4n) is 8.61. The zero-order valence-electron chi connectivity index (χ0n) is 52.2. The van der Waals surface area contributed by atoms with Crippen LogP contribution in [-0.4, -0.2) is 37.2 Å². The van der Waals surface area contributed by atoms with Crippen LogP contribution < -0.4 is 0 Å². The van der Waals surface area contributed by atoms with Gasteiger partial charge in [0.05, 0.1) is 0 Å². The van der Waals surface area contributed by atoms with E-state index >= 15 is 0 Å². The predicted octanol–water partition coefficient (Wildman–Crippen LogP) is 22.9. The van der Waals surface area contributed by atoms with Crippen LogP contribution in [0.4, 0.5) is 0 Å². The normalized spacial score (nSPS) is 13.2. The molecule has 0 aliphatic rings. The van der Waals surface area contributed by atoms with Crippen molar-refractivity contribution in [1.82, 2.24) is 0 Å². The molecule has 6 nitrogen and oxygen atoms in total. The van der Waals surface area contributed by atoms with Crippen LogP contribution in [0, 0.1) is 0 Å². The topological polar surface area (TPSA) is 78.9 Å². The third kappa shape index (κ3) is 65.7. The van der Waals surface area contributed by atoms with E-state index in [1.165, 1.54) is 70.6 Å². The Kier molecular flexibility index (Phi) is 63.4. The van der Waals surface area contributed by atoms with Crippen molar-refractivity contribution in [3.05, 3.63) is 158 Å². The number of carbonyl (C=O) groups is 3. The zero-order chi connectivity index (χ0) is 58.5. The van der Waals surface area contributed by atoms with E-state index in [1.807, 2.05) is 0 Å². The standard InChI is InChI=1S/C75H120O6/c1-4-7-10-13-16-19-22-24-26-28-30-32-34-36-37-39-40-42-44-46-48-50-53-56-59-62-65-68-74(77)80-71-72(70-79-73(76)67-64-61-58-55-52-21-18-15-12-9-6-3)81-75(78)69-66-63-60-57-54-51-49-47-45-43-41-38-35-33-31-29-27-25-23-20-17-14-11-8-5-2/h7-8,10-11,15-20,24-27,30-33,36-38,40-42,45,47,72H,4-6,9,12-14,21-23,28-29,34-35,39,43-44,46,48-71H2,1-3H3/b10-7-,11-8-,18-15-,19-16-,20-17-,26-24-,27-25-,32-30-,33-31-,37-36-,41-38-,42-40-,47-45-. The average molecular weight is 1120 g/mol. The van der Waals surface area contributed by atoms with Crippen molar-refractivity contribution in [2.24, 2.45) is 0 Å². The highest BCUT2D eigenvalue weighted by Gasteiger charge is 2.19. The van der Waals surface area contributed by atoms with Crippen LogP contribution in [0.25, 0.3) is 0 Å². The number of unbranched alkanes of at least 4 members (excludes halogenated alkanes) is 21. The lowest BCUT2D eigenvalue weighted by Crippen LogP contribution is -2.30.